The normalized spacial score (nSPS) is 25.1. The van der Waals surface area contributed by atoms with Crippen LogP contribution in [0.1, 0.15) is 12.8 Å². The van der Waals surface area contributed by atoms with Crippen LogP contribution in [0.3, 0.4) is 0 Å². The van der Waals surface area contributed by atoms with Gasteiger partial charge in [0.1, 0.15) is 5.67 Å². The number of carbonyl (C=O) groups is 1. The van der Waals surface area contributed by atoms with Gasteiger partial charge >= 0.3 is 5.97 Å². The molecule has 0 saturated heterocycles. The second-order valence-corrected chi connectivity index (χ2v) is 2.28. The molecule has 0 aromatic carbocycles. The van der Waals surface area contributed by atoms with Crippen LogP contribution in [0.2, 0.25) is 0 Å². The molecular formula is C5H7FO3. The van der Waals surface area contributed by atoms with Gasteiger partial charge in [-0.2, -0.15) is 0 Å². The minimum Gasteiger partial charge on any atom is -0.479 e. The van der Waals surface area contributed by atoms with Crippen molar-refractivity contribution < 1.29 is 19.4 Å². The Morgan fingerprint density at radius 1 is 1.67 bits per heavy atom. The molecule has 0 spiro atoms. The molecule has 1 aliphatic carbocycles. The Bertz CT molecular complexity index is 141. The third-order valence-electron chi connectivity index (χ3n) is 1.45. The van der Waals surface area contributed by atoms with Crippen molar-refractivity contribution >= 4 is 5.97 Å². The van der Waals surface area contributed by atoms with Crippen molar-refractivity contribution in [1.82, 2.24) is 0 Å². The third-order valence-corrected chi connectivity index (χ3v) is 1.45. The van der Waals surface area contributed by atoms with Gasteiger partial charge in [0.25, 0.3) is 0 Å². The highest BCUT2D eigenvalue weighted by molar-refractivity contribution is 5.74. The lowest BCUT2D eigenvalue weighted by Gasteiger charge is -2.06. The van der Waals surface area contributed by atoms with Gasteiger partial charge in [-0.05, 0) is 12.8 Å². The molecule has 0 aromatic heterocycles. The van der Waals surface area contributed by atoms with Gasteiger partial charge in [0.2, 0.25) is 0 Å². The molecule has 1 saturated carbocycles. The van der Waals surface area contributed by atoms with E-state index < -0.39 is 17.7 Å². The predicted molar refractivity (Wildman–Crippen MR) is 26.7 cm³/mol. The highest BCUT2D eigenvalue weighted by Crippen LogP contribution is 2.42. The topological polar surface area (TPSA) is 57.5 Å². The fourth-order valence-corrected chi connectivity index (χ4v) is 0.614. The van der Waals surface area contributed by atoms with E-state index in [1.165, 1.54) is 0 Å². The summed E-state index contributed by atoms with van der Waals surface area (Å²) >= 11 is 0. The van der Waals surface area contributed by atoms with Crippen LogP contribution in [0, 0.1) is 0 Å². The highest BCUT2D eigenvalue weighted by Gasteiger charge is 2.53. The van der Waals surface area contributed by atoms with E-state index in [1.54, 1.807) is 0 Å². The largest absolute Gasteiger partial charge is 0.479 e. The van der Waals surface area contributed by atoms with Crippen molar-refractivity contribution in [2.45, 2.75) is 24.6 Å². The smallest absolute Gasteiger partial charge is 0.335 e. The first-order chi connectivity index (χ1) is 4.06. The fourth-order valence-electron chi connectivity index (χ4n) is 0.614. The number of aliphatic carboxylic acids is 1. The SMILES string of the molecule is O=C(O)C(O)C1(F)CC1. The average Bonchev–Trinajstić information content (AvgIpc) is 2.47. The summed E-state index contributed by atoms with van der Waals surface area (Å²) in [7, 11) is 0. The number of carboxylic acid groups (broad SMARTS) is 1. The van der Waals surface area contributed by atoms with Crippen LogP contribution in [0.15, 0.2) is 0 Å². The summed E-state index contributed by atoms with van der Waals surface area (Å²) in [5, 5.41) is 16.6. The van der Waals surface area contributed by atoms with E-state index in [2.05, 4.69) is 0 Å². The van der Waals surface area contributed by atoms with E-state index in [1.807, 2.05) is 0 Å². The molecule has 52 valence electrons. The number of halogens is 1. The standard InChI is InChI=1S/C5H7FO3/c6-5(1-2-5)3(7)4(8)9/h3,7H,1-2H2,(H,8,9). The van der Waals surface area contributed by atoms with Crippen LogP contribution in [-0.2, 0) is 4.79 Å². The number of hydrogen-bond donors (Lipinski definition) is 2. The molecule has 2 N–H and O–H groups in total. The predicted octanol–water partition coefficient (Wildman–Crippen LogP) is -0.0660. The van der Waals surface area contributed by atoms with E-state index in [0.29, 0.717) is 0 Å². The highest BCUT2D eigenvalue weighted by atomic mass is 19.1. The van der Waals surface area contributed by atoms with Crippen molar-refractivity contribution in [2.24, 2.45) is 0 Å². The minimum absolute atomic E-state index is 0.167. The van der Waals surface area contributed by atoms with Crippen molar-refractivity contribution in [1.29, 1.82) is 0 Å². The number of carboxylic acids is 1. The maximum atomic E-state index is 12.5. The molecule has 4 heteroatoms. The Morgan fingerprint density at radius 2 is 2.11 bits per heavy atom. The van der Waals surface area contributed by atoms with Gasteiger partial charge in [0, 0.05) is 0 Å². The average molecular weight is 134 g/mol. The third kappa shape index (κ3) is 1.03. The van der Waals surface area contributed by atoms with Crippen molar-refractivity contribution in [3.63, 3.8) is 0 Å². The van der Waals surface area contributed by atoms with Crippen molar-refractivity contribution in [3.05, 3.63) is 0 Å². The van der Waals surface area contributed by atoms with Gasteiger partial charge in [-0.15, -0.1) is 0 Å². The molecule has 1 rings (SSSR count). The number of hydrogen-bond acceptors (Lipinski definition) is 2. The number of aliphatic hydroxyl groups is 1. The lowest BCUT2D eigenvalue weighted by Crippen LogP contribution is -2.32. The number of aliphatic hydroxyl groups excluding tert-OH is 1. The van der Waals surface area contributed by atoms with Gasteiger partial charge in [-0.25, -0.2) is 9.18 Å². The van der Waals surface area contributed by atoms with Crippen molar-refractivity contribution in [2.75, 3.05) is 0 Å². The van der Waals surface area contributed by atoms with Gasteiger partial charge in [-0.3, -0.25) is 0 Å². The van der Waals surface area contributed by atoms with Crippen LogP contribution in [-0.4, -0.2) is 28.0 Å². The molecule has 9 heavy (non-hydrogen) atoms. The molecule has 1 atom stereocenters. The molecule has 3 nitrogen and oxygen atoms in total. The quantitative estimate of drug-likeness (QED) is 0.556. The summed E-state index contributed by atoms with van der Waals surface area (Å²) in [6, 6.07) is 0. The Kier molecular flexibility index (Phi) is 1.20. The number of rotatable bonds is 2. The van der Waals surface area contributed by atoms with Crippen LogP contribution < -0.4 is 0 Å². The van der Waals surface area contributed by atoms with E-state index in [9.17, 15) is 9.18 Å². The van der Waals surface area contributed by atoms with Crippen LogP contribution >= 0.6 is 0 Å². The Labute approximate surface area is 51.1 Å². The lowest BCUT2D eigenvalue weighted by molar-refractivity contribution is -0.151. The van der Waals surface area contributed by atoms with Crippen LogP contribution in [0.5, 0.6) is 0 Å². The molecule has 0 radical (unpaired) electrons. The lowest BCUT2D eigenvalue weighted by atomic mass is 10.2. The fraction of sp³-hybridized carbons (Fsp3) is 0.800. The zero-order chi connectivity index (χ0) is 7.07. The van der Waals surface area contributed by atoms with Gasteiger partial charge in [0.15, 0.2) is 6.10 Å². The van der Waals surface area contributed by atoms with E-state index >= 15 is 0 Å². The molecule has 0 amide bonds. The Morgan fingerprint density at radius 3 is 2.22 bits per heavy atom. The number of alkyl halides is 1. The van der Waals surface area contributed by atoms with Crippen LogP contribution in [0.25, 0.3) is 0 Å². The molecule has 1 unspecified atom stereocenters. The Balaban J connectivity index is 2.52. The summed E-state index contributed by atoms with van der Waals surface area (Å²) in [6.45, 7) is 0. The van der Waals surface area contributed by atoms with E-state index in [4.69, 9.17) is 10.2 Å². The summed E-state index contributed by atoms with van der Waals surface area (Å²) < 4.78 is 12.5. The molecular weight excluding hydrogens is 127 g/mol. The first-order valence-electron chi connectivity index (χ1n) is 2.66. The van der Waals surface area contributed by atoms with Gasteiger partial charge in [0.05, 0.1) is 0 Å². The first-order valence-corrected chi connectivity index (χ1v) is 2.66. The monoisotopic (exact) mass is 134 g/mol. The molecule has 0 heterocycles. The summed E-state index contributed by atoms with van der Waals surface area (Å²) in [6.07, 6.45) is -1.49. The maximum Gasteiger partial charge on any atom is 0.335 e. The summed E-state index contributed by atoms with van der Waals surface area (Å²) in [5.74, 6) is -1.48. The van der Waals surface area contributed by atoms with Gasteiger partial charge in [-0.1, -0.05) is 0 Å². The minimum atomic E-state index is -1.82. The molecule has 0 bridgehead atoms. The van der Waals surface area contributed by atoms with Gasteiger partial charge < -0.3 is 10.2 Å². The molecule has 0 aromatic rings. The zero-order valence-electron chi connectivity index (χ0n) is 4.67. The van der Waals surface area contributed by atoms with Crippen LogP contribution in [0.4, 0.5) is 4.39 Å². The molecule has 0 aliphatic heterocycles. The van der Waals surface area contributed by atoms with Crippen molar-refractivity contribution in [3.8, 4) is 0 Å². The molecule has 1 fully saturated rings. The first kappa shape index (κ1) is 6.48. The second-order valence-electron chi connectivity index (χ2n) is 2.28. The van der Waals surface area contributed by atoms with E-state index in [0.717, 1.165) is 0 Å². The maximum absolute atomic E-state index is 12.5. The summed E-state index contributed by atoms with van der Waals surface area (Å²) in [5.41, 5.74) is -1.81. The summed E-state index contributed by atoms with van der Waals surface area (Å²) in [4.78, 5) is 9.90. The molecule has 1 aliphatic rings. The van der Waals surface area contributed by atoms with E-state index in [-0.39, 0.29) is 12.8 Å². The Hall–Kier alpha value is -0.640. The second kappa shape index (κ2) is 1.67. The zero-order valence-corrected chi connectivity index (χ0v) is 4.67.